The summed E-state index contributed by atoms with van der Waals surface area (Å²) in [6.07, 6.45) is 0.910. The fraction of sp³-hybridized carbons (Fsp3) is 0.364. The number of amides is 2. The van der Waals surface area contributed by atoms with E-state index in [4.69, 9.17) is 23.2 Å². The van der Waals surface area contributed by atoms with Gasteiger partial charge in [-0.1, -0.05) is 64.3 Å². The molecule has 0 aliphatic rings. The molecule has 2 aromatic rings. The second-order valence-electron chi connectivity index (χ2n) is 7.05. The van der Waals surface area contributed by atoms with Gasteiger partial charge in [0.25, 0.3) is 0 Å². The van der Waals surface area contributed by atoms with Crippen molar-refractivity contribution in [2.75, 3.05) is 0 Å². The lowest BCUT2D eigenvalue weighted by Crippen LogP contribution is -2.49. The summed E-state index contributed by atoms with van der Waals surface area (Å²) in [6.45, 7) is 6.02. The Morgan fingerprint density at radius 2 is 1.76 bits per heavy atom. The van der Waals surface area contributed by atoms with E-state index < -0.39 is 6.04 Å². The Labute approximate surface area is 190 Å². The highest BCUT2D eigenvalue weighted by Gasteiger charge is 2.27. The molecule has 0 aliphatic heterocycles. The molecule has 2 aromatic carbocycles. The average molecular weight is 500 g/mol. The van der Waals surface area contributed by atoms with Crippen molar-refractivity contribution >= 4 is 50.9 Å². The smallest absolute Gasteiger partial charge is 0.242 e. The van der Waals surface area contributed by atoms with Crippen LogP contribution in [-0.4, -0.2) is 28.8 Å². The van der Waals surface area contributed by atoms with E-state index >= 15 is 0 Å². The minimum atomic E-state index is -0.619. The lowest BCUT2D eigenvalue weighted by atomic mass is 10.1. The van der Waals surface area contributed by atoms with E-state index in [1.165, 1.54) is 0 Å². The lowest BCUT2D eigenvalue weighted by molar-refractivity contribution is -0.140. The van der Waals surface area contributed by atoms with Crippen molar-refractivity contribution in [3.63, 3.8) is 0 Å². The Morgan fingerprint density at radius 3 is 2.34 bits per heavy atom. The maximum absolute atomic E-state index is 13.2. The van der Waals surface area contributed by atoms with Crippen LogP contribution < -0.4 is 5.32 Å². The Balaban J connectivity index is 2.25. The average Bonchev–Trinajstić information content (AvgIpc) is 2.68. The van der Waals surface area contributed by atoms with Crippen LogP contribution in [0.3, 0.4) is 0 Å². The maximum Gasteiger partial charge on any atom is 0.242 e. The molecule has 0 spiro atoms. The Kier molecular flexibility index (Phi) is 9.00. The van der Waals surface area contributed by atoms with Crippen molar-refractivity contribution in [1.82, 2.24) is 10.2 Å². The molecule has 0 aliphatic carbocycles. The van der Waals surface area contributed by atoms with E-state index in [9.17, 15) is 9.59 Å². The summed E-state index contributed by atoms with van der Waals surface area (Å²) < 4.78 is 0.953. The molecule has 0 aromatic heterocycles. The highest BCUT2D eigenvalue weighted by molar-refractivity contribution is 9.10. The molecule has 0 heterocycles. The lowest BCUT2D eigenvalue weighted by Gasteiger charge is -2.30. The van der Waals surface area contributed by atoms with Gasteiger partial charge in [-0.15, -0.1) is 0 Å². The van der Waals surface area contributed by atoms with Crippen molar-refractivity contribution in [2.45, 2.75) is 52.2 Å². The molecule has 2 amide bonds. The molecule has 0 bridgehead atoms. The van der Waals surface area contributed by atoms with Crippen molar-refractivity contribution in [1.29, 1.82) is 0 Å². The minimum absolute atomic E-state index is 0.0419. The van der Waals surface area contributed by atoms with E-state index in [1.807, 2.05) is 38.1 Å². The van der Waals surface area contributed by atoms with Gasteiger partial charge in [-0.05, 0) is 55.7 Å². The van der Waals surface area contributed by atoms with Crippen molar-refractivity contribution < 1.29 is 9.59 Å². The third kappa shape index (κ3) is 7.02. The number of carbonyl (C=O) groups is 2. The van der Waals surface area contributed by atoms with Gasteiger partial charge in [0.15, 0.2) is 0 Å². The van der Waals surface area contributed by atoms with Gasteiger partial charge in [-0.2, -0.15) is 0 Å². The van der Waals surface area contributed by atoms with E-state index in [-0.39, 0.29) is 24.3 Å². The van der Waals surface area contributed by atoms with Gasteiger partial charge in [0.2, 0.25) is 11.8 Å². The van der Waals surface area contributed by atoms with Gasteiger partial charge in [-0.25, -0.2) is 0 Å². The van der Waals surface area contributed by atoms with Gasteiger partial charge < -0.3 is 10.2 Å². The third-order valence-corrected chi connectivity index (χ3v) is 5.91. The van der Waals surface area contributed by atoms with Crippen molar-refractivity contribution in [2.24, 2.45) is 0 Å². The van der Waals surface area contributed by atoms with Crippen LogP contribution >= 0.6 is 39.1 Å². The predicted molar refractivity (Wildman–Crippen MR) is 122 cm³/mol. The van der Waals surface area contributed by atoms with Crippen LogP contribution in [0, 0.1) is 0 Å². The molecular weight excluding hydrogens is 475 g/mol. The molecular formula is C22H25BrCl2N2O2. The summed E-state index contributed by atoms with van der Waals surface area (Å²) in [5.41, 5.74) is 1.61. The number of carbonyl (C=O) groups excluding carboxylic acids is 2. The SMILES string of the molecule is CC[C@@H](C)NC(=O)[C@H](C)N(Cc1ccc(Br)cc1)C(=O)Cc1ccc(Cl)cc1Cl. The van der Waals surface area contributed by atoms with Crippen LogP contribution in [0.4, 0.5) is 0 Å². The van der Waals surface area contributed by atoms with Gasteiger partial charge >= 0.3 is 0 Å². The van der Waals surface area contributed by atoms with E-state index in [0.29, 0.717) is 22.2 Å². The van der Waals surface area contributed by atoms with Crippen LogP contribution in [0.5, 0.6) is 0 Å². The normalized spacial score (nSPS) is 12.9. The van der Waals surface area contributed by atoms with E-state index in [0.717, 1.165) is 16.5 Å². The molecule has 0 fully saturated rings. The zero-order valence-electron chi connectivity index (χ0n) is 16.7. The van der Waals surface area contributed by atoms with Crippen molar-refractivity contribution in [3.05, 3.63) is 68.1 Å². The number of nitrogens with one attached hydrogen (secondary N) is 1. The standard InChI is InChI=1S/C22H25BrCl2N2O2/c1-4-14(2)26-22(29)15(3)27(13-16-5-8-18(23)9-6-16)21(28)11-17-7-10-19(24)12-20(17)25/h5-10,12,14-15H,4,11,13H2,1-3H3,(H,26,29)/t14-,15+/m1/s1. The van der Waals surface area contributed by atoms with Gasteiger partial charge in [-0.3, -0.25) is 9.59 Å². The Hall–Kier alpha value is -1.56. The molecule has 0 saturated heterocycles. The fourth-order valence-electron chi connectivity index (χ4n) is 2.76. The molecule has 156 valence electrons. The monoisotopic (exact) mass is 498 g/mol. The molecule has 29 heavy (non-hydrogen) atoms. The second kappa shape index (κ2) is 11.0. The first kappa shape index (κ1) is 23.7. The number of benzene rings is 2. The zero-order chi connectivity index (χ0) is 21.6. The molecule has 0 unspecified atom stereocenters. The first-order valence-electron chi connectivity index (χ1n) is 9.49. The highest BCUT2D eigenvalue weighted by atomic mass is 79.9. The maximum atomic E-state index is 13.2. The summed E-state index contributed by atoms with van der Waals surface area (Å²) in [5.74, 6) is -0.351. The summed E-state index contributed by atoms with van der Waals surface area (Å²) in [5, 5.41) is 3.91. The summed E-state index contributed by atoms with van der Waals surface area (Å²) in [6, 6.07) is 12.2. The van der Waals surface area contributed by atoms with Gasteiger partial charge in [0.05, 0.1) is 6.42 Å². The Morgan fingerprint density at radius 1 is 1.10 bits per heavy atom. The number of halogens is 3. The molecule has 0 radical (unpaired) electrons. The molecule has 2 atom stereocenters. The second-order valence-corrected chi connectivity index (χ2v) is 8.81. The van der Waals surface area contributed by atoms with E-state index in [1.54, 1.807) is 30.0 Å². The number of nitrogens with zero attached hydrogens (tertiary/aromatic N) is 1. The first-order valence-corrected chi connectivity index (χ1v) is 11.0. The fourth-order valence-corrected chi connectivity index (χ4v) is 3.50. The quantitative estimate of drug-likeness (QED) is 0.511. The number of rotatable bonds is 8. The molecule has 0 saturated carbocycles. The summed E-state index contributed by atoms with van der Waals surface area (Å²) in [4.78, 5) is 27.5. The molecule has 2 rings (SSSR count). The largest absolute Gasteiger partial charge is 0.352 e. The van der Waals surface area contributed by atoms with Crippen LogP contribution in [-0.2, 0) is 22.6 Å². The van der Waals surface area contributed by atoms with Crippen LogP contribution in [0.2, 0.25) is 10.0 Å². The van der Waals surface area contributed by atoms with Crippen LogP contribution in [0.15, 0.2) is 46.9 Å². The van der Waals surface area contributed by atoms with Gasteiger partial charge in [0.1, 0.15) is 6.04 Å². The molecule has 4 nitrogen and oxygen atoms in total. The summed E-state index contributed by atoms with van der Waals surface area (Å²) in [7, 11) is 0. The number of hydrogen-bond donors (Lipinski definition) is 1. The summed E-state index contributed by atoms with van der Waals surface area (Å²) >= 11 is 15.6. The first-order chi connectivity index (χ1) is 13.7. The predicted octanol–water partition coefficient (Wildman–Crippen LogP) is 5.63. The third-order valence-electron chi connectivity index (χ3n) is 4.79. The Bertz CT molecular complexity index is 858. The topological polar surface area (TPSA) is 49.4 Å². The molecule has 1 N–H and O–H groups in total. The van der Waals surface area contributed by atoms with Crippen LogP contribution in [0.25, 0.3) is 0 Å². The zero-order valence-corrected chi connectivity index (χ0v) is 19.8. The highest BCUT2D eigenvalue weighted by Crippen LogP contribution is 2.23. The van der Waals surface area contributed by atoms with E-state index in [2.05, 4.69) is 21.2 Å². The van der Waals surface area contributed by atoms with Crippen molar-refractivity contribution in [3.8, 4) is 0 Å². The molecule has 7 heteroatoms. The number of hydrogen-bond acceptors (Lipinski definition) is 2. The van der Waals surface area contributed by atoms with Gasteiger partial charge in [0, 0.05) is 27.1 Å². The minimum Gasteiger partial charge on any atom is -0.352 e. The van der Waals surface area contributed by atoms with Crippen LogP contribution in [0.1, 0.15) is 38.3 Å².